The number of rotatable bonds is 2. The minimum Gasteiger partial charge on any atom is -0.491 e. The topological polar surface area (TPSA) is 39.7 Å². The van der Waals surface area contributed by atoms with Crippen molar-refractivity contribution in [3.63, 3.8) is 0 Å². The third-order valence-corrected chi connectivity index (χ3v) is 2.74. The van der Waals surface area contributed by atoms with Crippen LogP contribution >= 0.6 is 0 Å². The van der Waals surface area contributed by atoms with Crippen LogP contribution in [-0.4, -0.2) is 19.9 Å². The molecule has 3 rings (SSSR count). The van der Waals surface area contributed by atoms with Crippen LogP contribution in [0.1, 0.15) is 18.5 Å². The number of likely N-dealkylation sites (N-methyl/N-ethyl adjacent to an activating group) is 1. The molecular weight excluding hydrogens is 194 g/mol. The molecule has 0 aromatic heterocycles. The van der Waals surface area contributed by atoms with Crippen LogP contribution in [-0.2, 0) is 0 Å². The highest BCUT2D eigenvalue weighted by molar-refractivity contribution is 5.54. The van der Waals surface area contributed by atoms with E-state index in [0.29, 0.717) is 13.4 Å². The van der Waals surface area contributed by atoms with Crippen LogP contribution in [0.25, 0.3) is 0 Å². The highest BCUT2D eigenvalue weighted by atomic mass is 16.7. The molecule has 1 atom stereocenters. The van der Waals surface area contributed by atoms with Crippen molar-refractivity contribution in [2.75, 3.05) is 19.9 Å². The minimum atomic E-state index is 0.277. The van der Waals surface area contributed by atoms with Crippen LogP contribution in [0.5, 0.6) is 17.2 Å². The van der Waals surface area contributed by atoms with E-state index in [-0.39, 0.29) is 6.04 Å². The van der Waals surface area contributed by atoms with Gasteiger partial charge < -0.3 is 19.5 Å². The van der Waals surface area contributed by atoms with Crippen LogP contribution < -0.4 is 19.5 Å². The van der Waals surface area contributed by atoms with Gasteiger partial charge in [-0.3, -0.25) is 0 Å². The lowest BCUT2D eigenvalue weighted by Crippen LogP contribution is -2.21. The Hall–Kier alpha value is -1.42. The van der Waals surface area contributed by atoms with E-state index < -0.39 is 0 Å². The molecule has 0 saturated carbocycles. The first kappa shape index (κ1) is 8.85. The van der Waals surface area contributed by atoms with Gasteiger partial charge in [0, 0.05) is 11.6 Å². The standard InChI is InChI=1S/C11H13NO3/c1-2-12-8-5-13-9-4-11-10(3-7(8)9)14-6-15-11/h3-4,8,12H,2,5-6H2,1H3. The van der Waals surface area contributed by atoms with Gasteiger partial charge in [-0.05, 0) is 12.6 Å². The van der Waals surface area contributed by atoms with E-state index in [9.17, 15) is 0 Å². The second-order valence-corrected chi connectivity index (χ2v) is 3.66. The highest BCUT2D eigenvalue weighted by Gasteiger charge is 2.27. The first-order chi connectivity index (χ1) is 7.38. The lowest BCUT2D eigenvalue weighted by atomic mass is 10.1. The molecular formula is C11H13NO3. The molecule has 80 valence electrons. The first-order valence-electron chi connectivity index (χ1n) is 5.18. The SMILES string of the molecule is CCNC1COc2cc3c(cc21)OCO3. The molecule has 2 aliphatic rings. The van der Waals surface area contributed by atoms with Gasteiger partial charge in [0.05, 0.1) is 6.04 Å². The largest absolute Gasteiger partial charge is 0.491 e. The fourth-order valence-electron chi connectivity index (χ4n) is 2.01. The number of hydrogen-bond acceptors (Lipinski definition) is 4. The Balaban J connectivity index is 1.98. The molecule has 1 unspecified atom stereocenters. The van der Waals surface area contributed by atoms with Crippen molar-refractivity contribution in [2.45, 2.75) is 13.0 Å². The molecule has 2 heterocycles. The van der Waals surface area contributed by atoms with Gasteiger partial charge in [-0.1, -0.05) is 6.92 Å². The Labute approximate surface area is 88.1 Å². The molecule has 15 heavy (non-hydrogen) atoms. The molecule has 4 nitrogen and oxygen atoms in total. The zero-order chi connectivity index (χ0) is 10.3. The van der Waals surface area contributed by atoms with E-state index in [1.807, 2.05) is 12.1 Å². The zero-order valence-corrected chi connectivity index (χ0v) is 8.58. The average molecular weight is 207 g/mol. The number of hydrogen-bond donors (Lipinski definition) is 1. The summed E-state index contributed by atoms with van der Waals surface area (Å²) in [6.45, 7) is 4.02. The van der Waals surface area contributed by atoms with E-state index in [1.165, 1.54) is 5.56 Å². The highest BCUT2D eigenvalue weighted by Crippen LogP contribution is 2.43. The molecule has 1 N–H and O–H groups in total. The molecule has 4 heteroatoms. The van der Waals surface area contributed by atoms with E-state index in [0.717, 1.165) is 23.8 Å². The van der Waals surface area contributed by atoms with Gasteiger partial charge >= 0.3 is 0 Å². The summed E-state index contributed by atoms with van der Waals surface area (Å²) in [5.41, 5.74) is 1.17. The number of nitrogens with one attached hydrogen (secondary N) is 1. The molecule has 0 fully saturated rings. The Morgan fingerprint density at radius 1 is 1.20 bits per heavy atom. The number of benzene rings is 1. The van der Waals surface area contributed by atoms with Crippen LogP contribution in [0, 0.1) is 0 Å². The fraction of sp³-hybridized carbons (Fsp3) is 0.455. The normalized spacial score (nSPS) is 21.3. The maximum Gasteiger partial charge on any atom is 0.231 e. The second kappa shape index (κ2) is 3.31. The summed E-state index contributed by atoms with van der Waals surface area (Å²) in [5.74, 6) is 2.51. The maximum absolute atomic E-state index is 5.59. The Kier molecular flexibility index (Phi) is 1.95. The van der Waals surface area contributed by atoms with Gasteiger partial charge in [-0.25, -0.2) is 0 Å². The summed E-state index contributed by atoms with van der Waals surface area (Å²) in [6.07, 6.45) is 0. The Morgan fingerprint density at radius 2 is 2.00 bits per heavy atom. The van der Waals surface area contributed by atoms with Gasteiger partial charge in [-0.15, -0.1) is 0 Å². The molecule has 0 bridgehead atoms. The zero-order valence-electron chi connectivity index (χ0n) is 8.58. The second-order valence-electron chi connectivity index (χ2n) is 3.66. The lowest BCUT2D eigenvalue weighted by molar-refractivity contribution is 0.173. The summed E-state index contributed by atoms with van der Waals surface area (Å²) < 4.78 is 16.2. The summed E-state index contributed by atoms with van der Waals surface area (Å²) >= 11 is 0. The van der Waals surface area contributed by atoms with Crippen LogP contribution in [0.2, 0.25) is 0 Å². The van der Waals surface area contributed by atoms with Crippen molar-refractivity contribution in [1.29, 1.82) is 0 Å². The third kappa shape index (κ3) is 1.33. The van der Waals surface area contributed by atoms with E-state index in [2.05, 4.69) is 12.2 Å². The summed E-state index contributed by atoms with van der Waals surface area (Å²) in [4.78, 5) is 0. The minimum absolute atomic E-state index is 0.277. The van der Waals surface area contributed by atoms with E-state index in [4.69, 9.17) is 14.2 Å². The monoisotopic (exact) mass is 207 g/mol. The predicted molar refractivity (Wildman–Crippen MR) is 54.5 cm³/mol. The van der Waals surface area contributed by atoms with Gasteiger partial charge in [0.15, 0.2) is 11.5 Å². The summed E-state index contributed by atoms with van der Waals surface area (Å²) in [7, 11) is 0. The van der Waals surface area contributed by atoms with Crippen LogP contribution in [0.15, 0.2) is 12.1 Å². The molecule has 1 aromatic rings. The van der Waals surface area contributed by atoms with Crippen molar-refractivity contribution in [3.05, 3.63) is 17.7 Å². The molecule has 0 aliphatic carbocycles. The fourth-order valence-corrected chi connectivity index (χ4v) is 2.01. The first-order valence-corrected chi connectivity index (χ1v) is 5.18. The van der Waals surface area contributed by atoms with E-state index >= 15 is 0 Å². The Bertz CT molecular complexity index is 392. The van der Waals surface area contributed by atoms with Crippen molar-refractivity contribution in [2.24, 2.45) is 0 Å². The molecule has 2 aliphatic heterocycles. The number of fused-ring (bicyclic) bond motifs is 2. The average Bonchev–Trinajstić information content (AvgIpc) is 2.82. The molecule has 0 radical (unpaired) electrons. The molecule has 0 amide bonds. The third-order valence-electron chi connectivity index (χ3n) is 2.74. The van der Waals surface area contributed by atoms with Crippen LogP contribution in [0.3, 0.4) is 0 Å². The van der Waals surface area contributed by atoms with Gasteiger partial charge in [0.2, 0.25) is 6.79 Å². The van der Waals surface area contributed by atoms with Crippen molar-refractivity contribution < 1.29 is 14.2 Å². The van der Waals surface area contributed by atoms with Crippen molar-refractivity contribution in [3.8, 4) is 17.2 Å². The summed E-state index contributed by atoms with van der Waals surface area (Å²) in [5, 5.41) is 3.37. The van der Waals surface area contributed by atoms with Gasteiger partial charge in [0.25, 0.3) is 0 Å². The number of ether oxygens (including phenoxy) is 3. The maximum atomic E-state index is 5.59. The Morgan fingerprint density at radius 3 is 2.80 bits per heavy atom. The lowest BCUT2D eigenvalue weighted by Gasteiger charge is -2.09. The molecule has 0 spiro atoms. The predicted octanol–water partition coefficient (Wildman–Crippen LogP) is 1.46. The van der Waals surface area contributed by atoms with Crippen molar-refractivity contribution >= 4 is 0 Å². The quantitative estimate of drug-likeness (QED) is 0.797. The molecule has 0 saturated heterocycles. The van der Waals surface area contributed by atoms with Crippen molar-refractivity contribution in [1.82, 2.24) is 5.32 Å². The molecule has 1 aromatic carbocycles. The van der Waals surface area contributed by atoms with E-state index in [1.54, 1.807) is 0 Å². The smallest absolute Gasteiger partial charge is 0.231 e. The summed E-state index contributed by atoms with van der Waals surface area (Å²) in [6, 6.07) is 4.20. The van der Waals surface area contributed by atoms with Gasteiger partial charge in [0.1, 0.15) is 12.4 Å². The van der Waals surface area contributed by atoms with Gasteiger partial charge in [-0.2, -0.15) is 0 Å². The van der Waals surface area contributed by atoms with Crippen LogP contribution in [0.4, 0.5) is 0 Å².